The van der Waals surface area contributed by atoms with Crippen LogP contribution in [0.3, 0.4) is 0 Å². The molecule has 14 aromatic rings. The minimum absolute atomic E-state index is 0.105. The molecule has 0 radical (unpaired) electrons. The lowest BCUT2D eigenvalue weighted by atomic mass is 9.95. The van der Waals surface area contributed by atoms with Crippen LogP contribution in [0.4, 0.5) is 0 Å². The first-order valence-electron chi connectivity index (χ1n) is 30.1. The second-order valence-electron chi connectivity index (χ2n) is 18.9. The van der Waals surface area contributed by atoms with E-state index in [0.717, 1.165) is 76.1 Å². The van der Waals surface area contributed by atoms with E-state index in [1.54, 1.807) is 0 Å². The average Bonchev–Trinajstić information content (AvgIpc) is 1.86. The fourth-order valence-corrected chi connectivity index (χ4v) is 16.4. The molecule has 0 amide bonds. The summed E-state index contributed by atoms with van der Waals surface area (Å²) < 4.78 is 98.2. The van der Waals surface area contributed by atoms with Gasteiger partial charge >= 0.3 is 0 Å². The molecule has 3 heteroatoms. The summed E-state index contributed by atoms with van der Waals surface area (Å²) in [5.74, 6) is 0. The van der Waals surface area contributed by atoms with E-state index in [-0.39, 0.29) is 27.9 Å². The summed E-state index contributed by atoms with van der Waals surface area (Å²) in [6, 6.07) is 77.1. The molecule has 0 aliphatic carbocycles. The summed E-state index contributed by atoms with van der Waals surface area (Å²) in [6.07, 6.45) is 0. The van der Waals surface area contributed by atoms with Crippen molar-refractivity contribution >= 4 is 72.4 Å². The fraction of sp³-hybridized carbons (Fsp3) is 0. The number of hydrogen-bond donors (Lipinski definition) is 0. The van der Waals surface area contributed by atoms with Crippen molar-refractivity contribution in [1.82, 2.24) is 9.13 Å². The van der Waals surface area contributed by atoms with Crippen LogP contribution in [0.1, 0.15) is 13.7 Å². The van der Waals surface area contributed by atoms with Gasteiger partial charge < -0.3 is 9.13 Å². The molecule has 0 fully saturated rings. The second-order valence-corrected chi connectivity index (χ2v) is 22.7. The highest BCUT2D eigenvalue weighted by Crippen LogP contribution is 2.43. The van der Waals surface area contributed by atoms with Crippen molar-refractivity contribution in [3.8, 4) is 55.9 Å². The molecular formula is C72H50N2Si. The molecule has 0 N–H and O–H groups in total. The van der Waals surface area contributed by atoms with Crippen LogP contribution in [-0.2, 0) is 0 Å². The first-order valence-corrected chi connectivity index (χ1v) is 27.1. The Morgan fingerprint density at radius 1 is 0.267 bits per heavy atom. The Bertz CT molecular complexity index is 4650. The maximum atomic E-state index is 9.83. The van der Waals surface area contributed by atoms with Crippen LogP contribution in [0.5, 0.6) is 0 Å². The number of para-hydroxylation sites is 1. The van der Waals surface area contributed by atoms with E-state index in [2.05, 4.69) is 114 Å². The highest BCUT2D eigenvalue weighted by molar-refractivity contribution is 7.20. The van der Waals surface area contributed by atoms with Crippen molar-refractivity contribution in [3.63, 3.8) is 0 Å². The minimum Gasteiger partial charge on any atom is -0.309 e. The summed E-state index contributed by atoms with van der Waals surface area (Å²) in [4.78, 5) is 0. The van der Waals surface area contributed by atoms with Gasteiger partial charge in [0.15, 0.2) is 8.07 Å². The topological polar surface area (TPSA) is 9.86 Å². The van der Waals surface area contributed by atoms with Gasteiger partial charge in [0, 0.05) is 38.4 Å². The second kappa shape index (κ2) is 18.5. The van der Waals surface area contributed by atoms with E-state index in [9.17, 15) is 11.0 Å². The van der Waals surface area contributed by atoms with E-state index in [0.29, 0.717) is 16.2 Å². The SMILES string of the molecule is [2H]c1c([2H])c([2H])c(-c2cc([Si](c3ccccc3)(c3ccccc3)c3ccccc3)cc(-c3c([2H])c([2H])c([2H])c([2H])c3[2H])c2-n2c3ccccc3c3cc(-n4c5ccc(-c6ccccc6)cc5c5cc(-c6ccccc6)ccc54)ccc32)c([2H])c1[2H]. The van der Waals surface area contributed by atoms with Gasteiger partial charge in [0.1, 0.15) is 0 Å². The molecule has 0 spiro atoms. The van der Waals surface area contributed by atoms with Crippen LogP contribution in [0.15, 0.2) is 303 Å². The molecule has 0 atom stereocenters. The Balaban J connectivity index is 1.14. The lowest BCUT2D eigenvalue weighted by molar-refractivity contribution is 1.17. The largest absolute Gasteiger partial charge is 0.309 e. The smallest absolute Gasteiger partial charge is 0.179 e. The number of fused-ring (bicyclic) bond motifs is 6. The van der Waals surface area contributed by atoms with Gasteiger partial charge in [0.05, 0.1) is 41.5 Å². The highest BCUT2D eigenvalue weighted by atomic mass is 28.3. The van der Waals surface area contributed by atoms with Gasteiger partial charge in [-0.05, 0) is 103 Å². The molecule has 0 saturated heterocycles. The van der Waals surface area contributed by atoms with E-state index in [4.69, 9.17) is 2.74 Å². The van der Waals surface area contributed by atoms with Gasteiger partial charge in [-0.3, -0.25) is 0 Å². The maximum Gasteiger partial charge on any atom is 0.179 e. The average molecular weight is 981 g/mol. The van der Waals surface area contributed by atoms with Crippen molar-refractivity contribution in [2.45, 2.75) is 0 Å². The Morgan fingerprint density at radius 2 is 0.653 bits per heavy atom. The molecule has 12 aromatic carbocycles. The van der Waals surface area contributed by atoms with Crippen LogP contribution < -0.4 is 20.7 Å². The zero-order chi connectivity index (χ0) is 58.4. The van der Waals surface area contributed by atoms with E-state index in [1.807, 2.05) is 138 Å². The third-order valence-corrected chi connectivity index (χ3v) is 19.6. The van der Waals surface area contributed by atoms with Crippen molar-refractivity contribution in [1.29, 1.82) is 0 Å². The summed E-state index contributed by atoms with van der Waals surface area (Å²) >= 11 is 0. The Morgan fingerprint density at radius 3 is 1.13 bits per heavy atom. The lowest BCUT2D eigenvalue weighted by Crippen LogP contribution is -2.74. The zero-order valence-electron chi connectivity index (χ0n) is 50.5. The Hall–Kier alpha value is -9.54. The van der Waals surface area contributed by atoms with Gasteiger partial charge in [-0.1, -0.05) is 255 Å². The van der Waals surface area contributed by atoms with Crippen LogP contribution >= 0.6 is 0 Å². The van der Waals surface area contributed by atoms with E-state index >= 15 is 0 Å². The number of benzene rings is 12. The third-order valence-electron chi connectivity index (χ3n) is 14.8. The van der Waals surface area contributed by atoms with Crippen molar-refractivity contribution < 1.29 is 13.7 Å². The van der Waals surface area contributed by atoms with Gasteiger partial charge in [-0.25, -0.2) is 0 Å². The molecule has 0 bridgehead atoms. The number of nitrogens with zero attached hydrogens (tertiary/aromatic N) is 2. The zero-order valence-corrected chi connectivity index (χ0v) is 41.5. The van der Waals surface area contributed by atoms with Crippen LogP contribution in [0.2, 0.25) is 0 Å². The van der Waals surface area contributed by atoms with Gasteiger partial charge in [0.2, 0.25) is 0 Å². The van der Waals surface area contributed by atoms with E-state index in [1.165, 1.54) is 0 Å². The van der Waals surface area contributed by atoms with Crippen molar-refractivity contribution in [2.75, 3.05) is 0 Å². The molecule has 352 valence electrons. The lowest BCUT2D eigenvalue weighted by Gasteiger charge is -2.36. The van der Waals surface area contributed by atoms with Gasteiger partial charge in [0.25, 0.3) is 0 Å². The standard InChI is InChI=1S/C72H50N2Si/c1-8-24-51(25-9-1)55-40-43-69-65(46-55)66-47-56(52-26-10-2-11-27-52)41-44-70(66)73(69)57-42-45-71-67(48-57)62-38-22-23-39-68(62)74(71)72-63(53-28-12-3-13-29-53)49-61(50-64(72)54-30-14-4-15-31-54)75(58-32-16-5-17-33-58,59-34-18-6-19-35-59)60-36-20-7-21-37-60/h1-50H/i3D,4D,12D,13D,14D,15D,28D,29D,30D,31D. The van der Waals surface area contributed by atoms with Crippen LogP contribution in [0.25, 0.3) is 99.5 Å². The summed E-state index contributed by atoms with van der Waals surface area (Å²) in [5, 5.41) is 7.35. The number of hydrogen-bond acceptors (Lipinski definition) is 0. The minimum atomic E-state index is -3.64. The first kappa shape index (κ1) is 34.8. The summed E-state index contributed by atoms with van der Waals surface area (Å²) in [6.45, 7) is 0. The van der Waals surface area contributed by atoms with Crippen molar-refractivity contribution in [3.05, 3.63) is 303 Å². The molecule has 0 saturated carbocycles. The van der Waals surface area contributed by atoms with Crippen LogP contribution in [0, 0.1) is 0 Å². The monoisotopic (exact) mass is 980 g/mol. The molecule has 2 aromatic heterocycles. The Labute approximate surface area is 452 Å². The normalized spacial score (nSPS) is 13.6. The first-order chi connectivity index (χ1) is 41.4. The molecule has 0 aliphatic heterocycles. The van der Waals surface area contributed by atoms with E-state index < -0.39 is 68.5 Å². The van der Waals surface area contributed by atoms with Gasteiger partial charge in [-0.15, -0.1) is 0 Å². The molecule has 75 heavy (non-hydrogen) atoms. The third kappa shape index (κ3) is 7.39. The number of rotatable bonds is 10. The quantitative estimate of drug-likeness (QED) is 0.0955. The highest BCUT2D eigenvalue weighted by Gasteiger charge is 2.42. The predicted octanol–water partition coefficient (Wildman–Crippen LogP) is 15.9. The van der Waals surface area contributed by atoms with Crippen LogP contribution in [-0.4, -0.2) is 17.2 Å². The molecule has 0 aliphatic rings. The summed E-state index contributed by atoms with van der Waals surface area (Å²) in [7, 11) is -3.64. The fourth-order valence-electron chi connectivity index (χ4n) is 11.6. The van der Waals surface area contributed by atoms with Gasteiger partial charge in [-0.2, -0.15) is 0 Å². The maximum absolute atomic E-state index is 9.83. The molecule has 2 nitrogen and oxygen atoms in total. The molecule has 14 rings (SSSR count). The number of aromatic nitrogens is 2. The Kier molecular flexibility index (Phi) is 8.57. The summed E-state index contributed by atoms with van der Waals surface area (Å²) in [5.41, 5.74) is 9.06. The van der Waals surface area contributed by atoms with Crippen molar-refractivity contribution in [2.24, 2.45) is 0 Å². The molecule has 2 heterocycles. The molecular weight excluding hydrogens is 921 g/mol. The molecule has 0 unspecified atom stereocenters. The predicted molar refractivity (Wildman–Crippen MR) is 320 cm³/mol.